The highest BCUT2D eigenvalue weighted by Gasteiger charge is 2.26. The maximum absolute atomic E-state index is 14.0. The predicted octanol–water partition coefficient (Wildman–Crippen LogP) is 4.65. The molecule has 1 N–H and O–H groups in total. The summed E-state index contributed by atoms with van der Waals surface area (Å²) in [5.41, 5.74) is 1.29. The zero-order valence-corrected chi connectivity index (χ0v) is 18.4. The summed E-state index contributed by atoms with van der Waals surface area (Å²) >= 11 is 7.38. The van der Waals surface area contributed by atoms with Gasteiger partial charge in [-0.05, 0) is 42.8 Å². The largest absolute Gasteiger partial charge is 0.459 e. The van der Waals surface area contributed by atoms with Crippen molar-refractivity contribution in [2.24, 2.45) is 0 Å². The number of amides is 2. The Hall–Kier alpha value is -2.68. The number of nitrogens with one attached hydrogen (secondary N) is 1. The molecule has 31 heavy (non-hydrogen) atoms. The quantitative estimate of drug-likeness (QED) is 0.600. The number of carbonyl (C=O) groups is 2. The third-order valence-electron chi connectivity index (χ3n) is 5.20. The van der Waals surface area contributed by atoms with Gasteiger partial charge in [0.1, 0.15) is 5.82 Å². The molecule has 6 nitrogen and oxygen atoms in total. The minimum atomic E-state index is -0.356. The minimum Gasteiger partial charge on any atom is -0.459 e. The van der Waals surface area contributed by atoms with E-state index >= 15 is 0 Å². The van der Waals surface area contributed by atoms with Crippen LogP contribution >= 0.6 is 22.9 Å². The Morgan fingerprint density at radius 1 is 1.19 bits per heavy atom. The van der Waals surface area contributed by atoms with Crippen molar-refractivity contribution in [3.63, 3.8) is 0 Å². The van der Waals surface area contributed by atoms with Gasteiger partial charge in [-0.1, -0.05) is 17.7 Å². The topological polar surface area (TPSA) is 65.8 Å². The van der Waals surface area contributed by atoms with E-state index in [9.17, 15) is 14.0 Å². The molecule has 1 saturated heterocycles. The maximum atomic E-state index is 14.0. The van der Waals surface area contributed by atoms with Crippen molar-refractivity contribution in [2.45, 2.75) is 13.5 Å². The summed E-state index contributed by atoms with van der Waals surface area (Å²) < 4.78 is 19.1. The molecule has 0 spiro atoms. The van der Waals surface area contributed by atoms with Crippen molar-refractivity contribution in [2.75, 3.05) is 31.5 Å². The number of piperazine rings is 1. The third kappa shape index (κ3) is 4.81. The molecule has 1 aliphatic rings. The number of aryl methyl sites for hydroxylation is 1. The van der Waals surface area contributed by atoms with Gasteiger partial charge in [-0.25, -0.2) is 4.39 Å². The van der Waals surface area contributed by atoms with Crippen LogP contribution in [0.2, 0.25) is 5.02 Å². The van der Waals surface area contributed by atoms with Crippen LogP contribution in [0.1, 0.15) is 31.4 Å². The average Bonchev–Trinajstić information content (AvgIpc) is 3.41. The van der Waals surface area contributed by atoms with Gasteiger partial charge in [-0.2, -0.15) is 0 Å². The zero-order chi connectivity index (χ0) is 22.0. The second-order valence-corrected chi connectivity index (χ2v) is 8.78. The Morgan fingerprint density at radius 2 is 1.97 bits per heavy atom. The van der Waals surface area contributed by atoms with E-state index in [1.54, 1.807) is 35.2 Å². The van der Waals surface area contributed by atoms with Crippen LogP contribution in [0, 0.1) is 12.7 Å². The van der Waals surface area contributed by atoms with Gasteiger partial charge in [0.05, 0.1) is 16.1 Å². The molecule has 1 aromatic carbocycles. The number of benzene rings is 1. The lowest BCUT2D eigenvalue weighted by molar-refractivity contribution is 0.0631. The molecule has 9 heteroatoms. The van der Waals surface area contributed by atoms with Crippen LogP contribution in [-0.2, 0) is 6.54 Å². The normalized spacial score (nSPS) is 14.6. The molecule has 1 fully saturated rings. The molecule has 0 unspecified atom stereocenters. The molecule has 4 rings (SSSR count). The fourth-order valence-corrected chi connectivity index (χ4v) is 4.76. The zero-order valence-electron chi connectivity index (χ0n) is 16.9. The number of carbonyl (C=O) groups excluding carboxylic acids is 2. The fourth-order valence-electron chi connectivity index (χ4n) is 3.50. The summed E-state index contributed by atoms with van der Waals surface area (Å²) in [4.78, 5) is 29.7. The predicted molar refractivity (Wildman–Crippen MR) is 118 cm³/mol. The molecule has 0 radical (unpaired) electrons. The van der Waals surface area contributed by atoms with E-state index in [0.29, 0.717) is 53.2 Å². The summed E-state index contributed by atoms with van der Waals surface area (Å²) in [5.74, 6) is -0.524. The first-order valence-corrected chi connectivity index (χ1v) is 11.0. The summed E-state index contributed by atoms with van der Waals surface area (Å²) in [6.07, 6.45) is 1.43. The van der Waals surface area contributed by atoms with Crippen molar-refractivity contribution in [3.05, 3.63) is 75.3 Å². The number of hydrogen-bond acceptors (Lipinski definition) is 5. The Bertz CT molecular complexity index is 1070. The van der Waals surface area contributed by atoms with E-state index in [-0.39, 0.29) is 23.4 Å². The standard InChI is InChI=1S/C22H21ClFN3O3S/c1-14-12-19(25-21(28)18-6-3-11-30-18)31-20(14)22(29)27-9-7-26(8-10-27)13-15-16(23)4-2-5-17(15)24/h2-6,11-12H,7-10,13H2,1H3,(H,25,28). The number of halogens is 2. The van der Waals surface area contributed by atoms with Gasteiger partial charge in [0.2, 0.25) is 0 Å². The number of anilines is 1. The van der Waals surface area contributed by atoms with Crippen LogP contribution in [0.15, 0.2) is 47.1 Å². The number of rotatable bonds is 5. The van der Waals surface area contributed by atoms with E-state index < -0.39 is 0 Å². The van der Waals surface area contributed by atoms with E-state index in [2.05, 4.69) is 10.2 Å². The molecule has 2 aromatic heterocycles. The number of furan rings is 1. The highest BCUT2D eigenvalue weighted by Crippen LogP contribution is 2.29. The molecule has 3 heterocycles. The van der Waals surface area contributed by atoms with Crippen LogP contribution in [0.5, 0.6) is 0 Å². The lowest BCUT2D eigenvalue weighted by atomic mass is 10.1. The molecule has 0 aliphatic carbocycles. The van der Waals surface area contributed by atoms with Crippen LogP contribution in [0.25, 0.3) is 0 Å². The van der Waals surface area contributed by atoms with E-state index in [1.807, 2.05) is 6.92 Å². The fraction of sp³-hybridized carbons (Fsp3) is 0.273. The summed E-state index contributed by atoms with van der Waals surface area (Å²) in [5, 5.41) is 3.77. The van der Waals surface area contributed by atoms with Gasteiger partial charge in [0, 0.05) is 43.3 Å². The lowest BCUT2D eigenvalue weighted by Crippen LogP contribution is -2.48. The van der Waals surface area contributed by atoms with Crippen molar-refractivity contribution < 1.29 is 18.4 Å². The monoisotopic (exact) mass is 461 g/mol. The molecular weight excluding hydrogens is 441 g/mol. The lowest BCUT2D eigenvalue weighted by Gasteiger charge is -2.34. The van der Waals surface area contributed by atoms with E-state index in [4.69, 9.17) is 16.0 Å². The minimum absolute atomic E-state index is 0.0652. The Balaban J connectivity index is 1.36. The van der Waals surface area contributed by atoms with E-state index in [0.717, 1.165) is 5.56 Å². The number of nitrogens with zero attached hydrogens (tertiary/aromatic N) is 2. The van der Waals surface area contributed by atoms with Gasteiger partial charge >= 0.3 is 0 Å². The summed E-state index contributed by atoms with van der Waals surface area (Å²) in [6.45, 7) is 4.59. The Morgan fingerprint density at radius 3 is 2.65 bits per heavy atom. The second kappa shape index (κ2) is 9.21. The summed E-state index contributed by atoms with van der Waals surface area (Å²) in [6, 6.07) is 9.69. The van der Waals surface area contributed by atoms with Gasteiger partial charge in [0.15, 0.2) is 5.76 Å². The smallest absolute Gasteiger partial charge is 0.291 e. The second-order valence-electron chi connectivity index (χ2n) is 7.32. The van der Waals surface area contributed by atoms with Gasteiger partial charge in [0.25, 0.3) is 11.8 Å². The first-order valence-electron chi connectivity index (χ1n) is 9.82. The van der Waals surface area contributed by atoms with Crippen LogP contribution in [-0.4, -0.2) is 47.8 Å². The highest BCUT2D eigenvalue weighted by molar-refractivity contribution is 7.18. The van der Waals surface area contributed by atoms with Crippen molar-refractivity contribution >= 4 is 39.8 Å². The van der Waals surface area contributed by atoms with Gasteiger partial charge in [-0.3, -0.25) is 14.5 Å². The van der Waals surface area contributed by atoms with Crippen molar-refractivity contribution in [1.29, 1.82) is 0 Å². The van der Waals surface area contributed by atoms with E-state index in [1.165, 1.54) is 23.7 Å². The molecular formula is C22H21ClFN3O3S. The van der Waals surface area contributed by atoms with Crippen LogP contribution in [0.3, 0.4) is 0 Å². The molecule has 162 valence electrons. The molecule has 3 aromatic rings. The van der Waals surface area contributed by atoms with Crippen LogP contribution in [0.4, 0.5) is 9.39 Å². The number of hydrogen-bond donors (Lipinski definition) is 1. The first-order chi connectivity index (χ1) is 14.9. The highest BCUT2D eigenvalue weighted by atomic mass is 35.5. The SMILES string of the molecule is Cc1cc(NC(=O)c2ccco2)sc1C(=O)N1CCN(Cc2c(F)cccc2Cl)CC1. The maximum Gasteiger partial charge on any atom is 0.291 e. The van der Waals surface area contributed by atoms with Crippen LogP contribution < -0.4 is 5.32 Å². The molecule has 2 amide bonds. The van der Waals surface area contributed by atoms with Gasteiger partial charge < -0.3 is 14.6 Å². The Labute approximate surface area is 188 Å². The third-order valence-corrected chi connectivity index (χ3v) is 6.69. The molecule has 0 atom stereocenters. The summed E-state index contributed by atoms with van der Waals surface area (Å²) in [7, 11) is 0. The van der Waals surface area contributed by atoms with Gasteiger partial charge in [-0.15, -0.1) is 11.3 Å². The Kier molecular flexibility index (Phi) is 6.41. The average molecular weight is 462 g/mol. The molecule has 0 saturated carbocycles. The molecule has 0 bridgehead atoms. The number of thiophene rings is 1. The van der Waals surface area contributed by atoms with Crippen molar-refractivity contribution in [1.82, 2.24) is 9.80 Å². The molecule has 1 aliphatic heterocycles. The first kappa shape index (κ1) is 21.5. The van der Waals surface area contributed by atoms with Crippen molar-refractivity contribution in [3.8, 4) is 0 Å².